The fourth-order valence-electron chi connectivity index (χ4n) is 5.74. The molecule has 44 heavy (non-hydrogen) atoms. The topological polar surface area (TPSA) is 39.5 Å². The van der Waals surface area contributed by atoms with Crippen molar-refractivity contribution in [1.82, 2.24) is 14.5 Å². The molecule has 1 aromatic heterocycles. The van der Waals surface area contributed by atoms with Gasteiger partial charge in [-0.15, -0.1) is 0 Å². The zero-order valence-corrected chi connectivity index (χ0v) is 28.2. The average Bonchev–Trinajstić information content (AvgIpc) is 3.41. The van der Waals surface area contributed by atoms with E-state index < -0.39 is 0 Å². The Labute approximate surface area is 270 Å². The molecule has 1 atom stereocenters. The Balaban J connectivity index is 1.45. The van der Waals surface area contributed by atoms with Crippen molar-refractivity contribution in [2.24, 2.45) is 11.3 Å². The summed E-state index contributed by atoms with van der Waals surface area (Å²) in [4.78, 5) is 7.58. The highest BCUT2D eigenvalue weighted by atomic mass is 35.5. The fraction of sp³-hybridized carbons (Fsp3) is 0.447. The molecule has 0 spiro atoms. The Kier molecular flexibility index (Phi) is 12.3. The van der Waals surface area contributed by atoms with Crippen molar-refractivity contribution in [1.29, 1.82) is 0 Å². The summed E-state index contributed by atoms with van der Waals surface area (Å²) in [5, 5.41) is 0.752. The second-order valence-corrected chi connectivity index (χ2v) is 13.4. The lowest BCUT2D eigenvalue weighted by Gasteiger charge is -2.23. The smallest absolute Gasteiger partial charge is 0.119 e. The predicted octanol–water partition coefficient (Wildman–Crippen LogP) is 9.54. The third-order valence-electron chi connectivity index (χ3n) is 7.89. The van der Waals surface area contributed by atoms with Gasteiger partial charge in [0, 0.05) is 41.9 Å². The second-order valence-electron chi connectivity index (χ2n) is 13.0. The maximum absolute atomic E-state index is 6.06. The van der Waals surface area contributed by atoms with Gasteiger partial charge in [0.2, 0.25) is 0 Å². The van der Waals surface area contributed by atoms with Gasteiger partial charge in [-0.1, -0.05) is 65.3 Å². The van der Waals surface area contributed by atoms with E-state index in [0.717, 1.165) is 91.2 Å². The molecule has 0 saturated heterocycles. The normalized spacial score (nSPS) is 12.5. The standard InChI is InChI=1S/C38H50ClN3O2/c1-7-41(8-2)23-9-24-43-35-20-16-33(17-21-35)42-28-36(40-37(42)26-29(3)27-38(4,5)6)31-12-18-34(19-13-31)44-25-22-30-10-14-32(39)15-11-30/h10-21,28-29H,7-9,22-27H2,1-6H3. The van der Waals surface area contributed by atoms with Gasteiger partial charge < -0.3 is 18.9 Å². The van der Waals surface area contributed by atoms with Gasteiger partial charge in [0.05, 0.1) is 18.9 Å². The van der Waals surface area contributed by atoms with Crippen molar-refractivity contribution in [3.8, 4) is 28.4 Å². The van der Waals surface area contributed by atoms with Gasteiger partial charge in [0.1, 0.15) is 17.3 Å². The molecule has 0 saturated carbocycles. The lowest BCUT2D eigenvalue weighted by molar-refractivity contribution is 0.249. The van der Waals surface area contributed by atoms with Crippen molar-refractivity contribution in [2.45, 2.75) is 67.2 Å². The molecule has 0 bridgehead atoms. The highest BCUT2D eigenvalue weighted by Crippen LogP contribution is 2.30. The van der Waals surface area contributed by atoms with Gasteiger partial charge in [0.15, 0.2) is 0 Å². The van der Waals surface area contributed by atoms with E-state index in [9.17, 15) is 0 Å². The van der Waals surface area contributed by atoms with Gasteiger partial charge in [-0.2, -0.15) is 0 Å². The van der Waals surface area contributed by atoms with E-state index in [0.29, 0.717) is 12.5 Å². The monoisotopic (exact) mass is 615 g/mol. The Morgan fingerprint density at radius 1 is 0.841 bits per heavy atom. The molecule has 5 nitrogen and oxygen atoms in total. The number of ether oxygens (including phenoxy) is 2. The molecular weight excluding hydrogens is 566 g/mol. The van der Waals surface area contributed by atoms with E-state index in [1.54, 1.807) is 0 Å². The minimum absolute atomic E-state index is 0.271. The number of aromatic nitrogens is 2. The summed E-state index contributed by atoms with van der Waals surface area (Å²) in [5.41, 5.74) is 4.62. The van der Waals surface area contributed by atoms with Crippen molar-refractivity contribution in [3.05, 3.63) is 95.4 Å². The number of imidazole rings is 1. The van der Waals surface area contributed by atoms with E-state index in [1.807, 2.05) is 36.4 Å². The molecule has 3 aromatic carbocycles. The van der Waals surface area contributed by atoms with E-state index in [2.05, 4.69) is 93.6 Å². The zero-order valence-electron chi connectivity index (χ0n) is 27.5. The maximum atomic E-state index is 6.06. The summed E-state index contributed by atoms with van der Waals surface area (Å²) in [6.07, 6.45) is 6.07. The van der Waals surface area contributed by atoms with Crippen molar-refractivity contribution in [2.75, 3.05) is 32.8 Å². The van der Waals surface area contributed by atoms with Crippen LogP contribution in [-0.4, -0.2) is 47.3 Å². The quantitative estimate of drug-likeness (QED) is 0.118. The van der Waals surface area contributed by atoms with Crippen LogP contribution in [0.2, 0.25) is 5.02 Å². The van der Waals surface area contributed by atoms with Crippen molar-refractivity contribution < 1.29 is 9.47 Å². The lowest BCUT2D eigenvalue weighted by atomic mass is 9.84. The Hall–Kier alpha value is -3.28. The summed E-state index contributed by atoms with van der Waals surface area (Å²) in [7, 11) is 0. The molecule has 1 unspecified atom stereocenters. The molecule has 0 N–H and O–H groups in total. The van der Waals surface area contributed by atoms with Gasteiger partial charge in [-0.25, -0.2) is 4.98 Å². The first-order valence-corrected chi connectivity index (χ1v) is 16.5. The number of halogens is 1. The first-order chi connectivity index (χ1) is 21.1. The molecule has 0 aliphatic rings. The summed E-state index contributed by atoms with van der Waals surface area (Å²) in [6.45, 7) is 18.2. The van der Waals surface area contributed by atoms with Crippen molar-refractivity contribution >= 4 is 11.6 Å². The van der Waals surface area contributed by atoms with Crippen LogP contribution in [0.1, 0.15) is 65.8 Å². The van der Waals surface area contributed by atoms with Gasteiger partial charge >= 0.3 is 0 Å². The Morgan fingerprint density at radius 2 is 1.45 bits per heavy atom. The van der Waals surface area contributed by atoms with Crippen LogP contribution in [0, 0.1) is 11.3 Å². The second kappa shape index (κ2) is 16.2. The highest BCUT2D eigenvalue weighted by molar-refractivity contribution is 6.30. The summed E-state index contributed by atoms with van der Waals surface area (Å²) in [5.74, 6) is 3.35. The van der Waals surface area contributed by atoms with E-state index in [1.165, 1.54) is 5.56 Å². The molecule has 0 fully saturated rings. The first-order valence-electron chi connectivity index (χ1n) is 16.1. The predicted molar refractivity (Wildman–Crippen MR) is 184 cm³/mol. The minimum Gasteiger partial charge on any atom is -0.494 e. The van der Waals surface area contributed by atoms with Gasteiger partial charge in [-0.3, -0.25) is 0 Å². The number of hydrogen-bond acceptors (Lipinski definition) is 4. The van der Waals surface area contributed by atoms with Crippen LogP contribution < -0.4 is 9.47 Å². The van der Waals surface area contributed by atoms with Crippen LogP contribution in [0.25, 0.3) is 16.9 Å². The molecule has 0 amide bonds. The largest absolute Gasteiger partial charge is 0.494 e. The van der Waals surface area contributed by atoms with Crippen molar-refractivity contribution in [3.63, 3.8) is 0 Å². The third-order valence-corrected chi connectivity index (χ3v) is 8.14. The van der Waals surface area contributed by atoms with E-state index >= 15 is 0 Å². The zero-order chi connectivity index (χ0) is 31.5. The highest BCUT2D eigenvalue weighted by Gasteiger charge is 2.19. The van der Waals surface area contributed by atoms with Crippen LogP contribution in [-0.2, 0) is 12.8 Å². The van der Waals surface area contributed by atoms with Gasteiger partial charge in [0.25, 0.3) is 0 Å². The summed E-state index contributed by atoms with van der Waals surface area (Å²) >= 11 is 6.00. The fourth-order valence-corrected chi connectivity index (χ4v) is 5.86. The molecule has 6 heteroatoms. The number of nitrogens with zero attached hydrogens (tertiary/aromatic N) is 3. The van der Waals surface area contributed by atoms with E-state index in [-0.39, 0.29) is 5.41 Å². The van der Waals surface area contributed by atoms with Crippen LogP contribution in [0.3, 0.4) is 0 Å². The van der Waals surface area contributed by atoms with Crippen LogP contribution in [0.5, 0.6) is 11.5 Å². The van der Waals surface area contributed by atoms with Crippen LogP contribution in [0.4, 0.5) is 0 Å². The molecule has 4 aromatic rings. The average molecular weight is 616 g/mol. The SMILES string of the molecule is CCN(CC)CCCOc1ccc(-n2cc(-c3ccc(OCCc4ccc(Cl)cc4)cc3)nc2CC(C)CC(C)(C)C)cc1. The summed E-state index contributed by atoms with van der Waals surface area (Å²) < 4.78 is 14.3. The first kappa shape index (κ1) is 33.6. The Morgan fingerprint density at radius 3 is 2.07 bits per heavy atom. The molecule has 236 valence electrons. The van der Waals surface area contributed by atoms with E-state index in [4.69, 9.17) is 26.1 Å². The third kappa shape index (κ3) is 10.4. The number of benzene rings is 3. The number of hydrogen-bond donors (Lipinski definition) is 0. The lowest BCUT2D eigenvalue weighted by Crippen LogP contribution is -2.25. The summed E-state index contributed by atoms with van der Waals surface area (Å²) in [6, 6.07) is 24.6. The number of rotatable bonds is 16. The van der Waals surface area contributed by atoms with Gasteiger partial charge in [-0.05, 0) is 103 Å². The molecule has 0 radical (unpaired) electrons. The molecular formula is C38H50ClN3O2. The van der Waals surface area contributed by atoms with Crippen LogP contribution >= 0.6 is 11.6 Å². The van der Waals surface area contributed by atoms with Crippen LogP contribution in [0.15, 0.2) is 79.0 Å². The minimum atomic E-state index is 0.271. The molecule has 1 heterocycles. The molecule has 0 aliphatic heterocycles. The Bertz CT molecular complexity index is 1400. The maximum Gasteiger partial charge on any atom is 0.119 e. The molecule has 4 rings (SSSR count). The molecule has 0 aliphatic carbocycles.